The number of carbonyl (C=O) groups is 2. The van der Waals surface area contributed by atoms with Crippen molar-refractivity contribution in [1.82, 2.24) is 5.32 Å². The second-order valence-corrected chi connectivity index (χ2v) is 19.6. The molecule has 0 saturated carbocycles. The van der Waals surface area contributed by atoms with Gasteiger partial charge in [0.2, 0.25) is 5.91 Å². The highest BCUT2D eigenvalue weighted by Crippen LogP contribution is 2.17. The summed E-state index contributed by atoms with van der Waals surface area (Å²) < 4.78 is 5.43. The maximum atomic E-state index is 12.5. The van der Waals surface area contributed by atoms with Crippen LogP contribution in [0.1, 0.15) is 309 Å². The summed E-state index contributed by atoms with van der Waals surface area (Å²) in [6.45, 7) is 4.83. The molecular formula is C58H111NO5. The zero-order valence-corrected chi connectivity index (χ0v) is 43.0. The fourth-order valence-corrected chi connectivity index (χ4v) is 8.81. The average Bonchev–Trinajstić information content (AvgIpc) is 3.29. The largest absolute Gasteiger partial charge is 0.466 e. The normalized spacial score (nSPS) is 12.8. The molecule has 0 aromatic rings. The van der Waals surface area contributed by atoms with Gasteiger partial charge in [-0.1, -0.05) is 263 Å². The lowest BCUT2D eigenvalue weighted by Crippen LogP contribution is -2.45. The smallest absolute Gasteiger partial charge is 0.305 e. The number of nitrogens with one attached hydrogen (secondary N) is 1. The van der Waals surface area contributed by atoms with Crippen molar-refractivity contribution in [1.29, 1.82) is 0 Å². The summed E-state index contributed by atoms with van der Waals surface area (Å²) in [5.41, 5.74) is 0. The molecule has 2 unspecified atom stereocenters. The monoisotopic (exact) mass is 902 g/mol. The molecule has 6 heteroatoms. The molecule has 2 atom stereocenters. The highest BCUT2D eigenvalue weighted by atomic mass is 16.5. The third-order valence-electron chi connectivity index (χ3n) is 13.2. The van der Waals surface area contributed by atoms with Gasteiger partial charge in [-0.25, -0.2) is 0 Å². The number of rotatable bonds is 53. The molecule has 0 fully saturated rings. The minimum Gasteiger partial charge on any atom is -0.466 e. The SMILES string of the molecule is CCCCCCCCCCCCCCCCCCCCCCCCC/C=C/C(O)C(CO)NC(=O)CCCCCC/C=C\CCCCOC(=O)CCCCCCCCCCCCCC. The Balaban J connectivity index is 3.54. The van der Waals surface area contributed by atoms with Gasteiger partial charge in [-0.15, -0.1) is 0 Å². The zero-order valence-electron chi connectivity index (χ0n) is 43.0. The summed E-state index contributed by atoms with van der Waals surface area (Å²) in [6, 6.07) is -0.653. The van der Waals surface area contributed by atoms with Crippen molar-refractivity contribution < 1.29 is 24.5 Å². The first-order chi connectivity index (χ1) is 31.5. The summed E-state index contributed by atoms with van der Waals surface area (Å²) >= 11 is 0. The second kappa shape index (κ2) is 54.0. The number of carbonyl (C=O) groups excluding carboxylic acids is 2. The predicted octanol–water partition coefficient (Wildman–Crippen LogP) is 17.5. The Morgan fingerprint density at radius 3 is 1.11 bits per heavy atom. The number of aliphatic hydroxyl groups is 2. The molecule has 0 spiro atoms. The molecule has 0 aliphatic heterocycles. The molecule has 0 rings (SSSR count). The predicted molar refractivity (Wildman–Crippen MR) is 278 cm³/mol. The first kappa shape index (κ1) is 62.3. The maximum absolute atomic E-state index is 12.5. The van der Waals surface area contributed by atoms with Crippen LogP contribution in [-0.2, 0) is 14.3 Å². The molecule has 0 aliphatic rings. The lowest BCUT2D eigenvalue weighted by Gasteiger charge is -2.20. The number of esters is 1. The number of aliphatic hydroxyl groups excluding tert-OH is 2. The Morgan fingerprint density at radius 1 is 0.422 bits per heavy atom. The summed E-state index contributed by atoms with van der Waals surface area (Å²) in [6.07, 6.45) is 64.9. The minimum atomic E-state index is -0.866. The van der Waals surface area contributed by atoms with Crippen molar-refractivity contribution in [2.75, 3.05) is 13.2 Å². The van der Waals surface area contributed by atoms with E-state index in [1.54, 1.807) is 6.08 Å². The van der Waals surface area contributed by atoms with Gasteiger partial charge in [-0.2, -0.15) is 0 Å². The Kier molecular flexibility index (Phi) is 52.6. The van der Waals surface area contributed by atoms with Crippen LogP contribution >= 0.6 is 0 Å². The summed E-state index contributed by atoms with van der Waals surface area (Å²) in [4.78, 5) is 24.5. The molecule has 1 amide bonds. The van der Waals surface area contributed by atoms with Crippen molar-refractivity contribution in [3.8, 4) is 0 Å². The first-order valence-electron chi connectivity index (χ1n) is 28.6. The van der Waals surface area contributed by atoms with Gasteiger partial charge in [0, 0.05) is 12.8 Å². The van der Waals surface area contributed by atoms with E-state index in [9.17, 15) is 19.8 Å². The fraction of sp³-hybridized carbons (Fsp3) is 0.897. The number of ether oxygens (including phenoxy) is 1. The van der Waals surface area contributed by atoms with Crippen LogP contribution in [0.4, 0.5) is 0 Å². The van der Waals surface area contributed by atoms with E-state index in [4.69, 9.17) is 4.74 Å². The van der Waals surface area contributed by atoms with E-state index in [2.05, 4.69) is 31.3 Å². The average molecular weight is 903 g/mol. The van der Waals surface area contributed by atoms with E-state index in [0.717, 1.165) is 77.0 Å². The molecule has 378 valence electrons. The molecule has 0 aromatic heterocycles. The van der Waals surface area contributed by atoms with Gasteiger partial charge in [-0.3, -0.25) is 9.59 Å². The lowest BCUT2D eigenvalue weighted by atomic mass is 10.0. The lowest BCUT2D eigenvalue weighted by molar-refractivity contribution is -0.143. The van der Waals surface area contributed by atoms with E-state index in [1.165, 1.54) is 205 Å². The molecular weight excluding hydrogens is 791 g/mol. The number of hydrogen-bond acceptors (Lipinski definition) is 5. The van der Waals surface area contributed by atoms with Gasteiger partial charge in [0.1, 0.15) is 0 Å². The third-order valence-corrected chi connectivity index (χ3v) is 13.2. The van der Waals surface area contributed by atoms with Crippen LogP contribution in [0.5, 0.6) is 0 Å². The van der Waals surface area contributed by atoms with Crippen molar-refractivity contribution in [2.45, 2.75) is 321 Å². The van der Waals surface area contributed by atoms with Gasteiger partial charge in [0.15, 0.2) is 0 Å². The Labute approximate surface area is 399 Å². The molecule has 6 nitrogen and oxygen atoms in total. The molecule has 0 saturated heterocycles. The van der Waals surface area contributed by atoms with Gasteiger partial charge in [-0.05, 0) is 57.8 Å². The van der Waals surface area contributed by atoms with Crippen LogP contribution in [0.15, 0.2) is 24.3 Å². The minimum absolute atomic E-state index is 0.0371. The summed E-state index contributed by atoms with van der Waals surface area (Å²) in [7, 11) is 0. The van der Waals surface area contributed by atoms with Gasteiger partial charge in [0.05, 0.1) is 25.4 Å². The number of unbranched alkanes of at least 4 members (excludes halogenated alkanes) is 40. The molecule has 0 radical (unpaired) electrons. The topological polar surface area (TPSA) is 95.9 Å². The maximum Gasteiger partial charge on any atom is 0.305 e. The third kappa shape index (κ3) is 49.8. The highest BCUT2D eigenvalue weighted by molar-refractivity contribution is 5.76. The summed E-state index contributed by atoms with van der Waals surface area (Å²) in [5, 5.41) is 23.1. The fourth-order valence-electron chi connectivity index (χ4n) is 8.81. The van der Waals surface area contributed by atoms with Crippen LogP contribution in [0.25, 0.3) is 0 Å². The molecule has 64 heavy (non-hydrogen) atoms. The molecule has 0 heterocycles. The highest BCUT2D eigenvalue weighted by Gasteiger charge is 2.18. The van der Waals surface area contributed by atoms with Crippen LogP contribution in [-0.4, -0.2) is 47.4 Å². The standard InChI is InChI=1S/C58H111NO5/c1-3-5-7-9-11-13-15-17-18-19-20-21-22-23-24-25-26-27-28-29-30-34-38-42-46-50-56(61)55(54-60)59-57(62)51-47-43-39-35-32-33-37-41-45-49-53-64-58(63)52-48-44-40-36-31-16-14-12-10-8-6-4-2/h33,37,46,50,55-56,60-61H,3-32,34-36,38-45,47-49,51-54H2,1-2H3,(H,59,62)/b37-33-,50-46+. The number of hydrogen-bond donors (Lipinski definition) is 3. The van der Waals surface area contributed by atoms with E-state index >= 15 is 0 Å². The van der Waals surface area contributed by atoms with Crippen LogP contribution in [0, 0.1) is 0 Å². The van der Waals surface area contributed by atoms with Crippen molar-refractivity contribution in [2.24, 2.45) is 0 Å². The van der Waals surface area contributed by atoms with Gasteiger partial charge >= 0.3 is 5.97 Å². The summed E-state index contributed by atoms with van der Waals surface area (Å²) in [5.74, 6) is -0.138. The zero-order chi connectivity index (χ0) is 46.5. The van der Waals surface area contributed by atoms with E-state index in [1.807, 2.05) is 6.08 Å². The van der Waals surface area contributed by atoms with Crippen molar-refractivity contribution in [3.05, 3.63) is 24.3 Å². The molecule has 0 aliphatic carbocycles. The van der Waals surface area contributed by atoms with Crippen LogP contribution in [0.3, 0.4) is 0 Å². The Morgan fingerprint density at radius 2 is 0.734 bits per heavy atom. The van der Waals surface area contributed by atoms with E-state index in [-0.39, 0.29) is 18.5 Å². The van der Waals surface area contributed by atoms with Crippen LogP contribution < -0.4 is 5.32 Å². The molecule has 0 bridgehead atoms. The molecule has 3 N–H and O–H groups in total. The molecule has 0 aromatic carbocycles. The number of amides is 1. The van der Waals surface area contributed by atoms with E-state index < -0.39 is 12.1 Å². The second-order valence-electron chi connectivity index (χ2n) is 19.6. The van der Waals surface area contributed by atoms with Crippen LogP contribution in [0.2, 0.25) is 0 Å². The number of allylic oxidation sites excluding steroid dienone is 3. The quantitative estimate of drug-likeness (QED) is 0.0321. The Bertz CT molecular complexity index is 997. The first-order valence-corrected chi connectivity index (χ1v) is 28.6. The van der Waals surface area contributed by atoms with Crippen molar-refractivity contribution >= 4 is 11.9 Å². The van der Waals surface area contributed by atoms with Gasteiger partial charge < -0.3 is 20.3 Å². The van der Waals surface area contributed by atoms with Gasteiger partial charge in [0.25, 0.3) is 0 Å². The van der Waals surface area contributed by atoms with Crippen molar-refractivity contribution in [3.63, 3.8) is 0 Å². The van der Waals surface area contributed by atoms with E-state index in [0.29, 0.717) is 19.4 Å². The Hall–Kier alpha value is -1.66.